The van der Waals surface area contributed by atoms with Gasteiger partial charge in [0.05, 0.1) is 0 Å². The van der Waals surface area contributed by atoms with Crippen molar-refractivity contribution in [3.8, 4) is 0 Å². The van der Waals surface area contributed by atoms with E-state index in [0.29, 0.717) is 6.42 Å². The first-order chi connectivity index (χ1) is 8.23. The zero-order chi connectivity index (χ0) is 13.6. The number of amides is 1. The lowest BCUT2D eigenvalue weighted by Crippen LogP contribution is -2.62. The molecule has 18 heavy (non-hydrogen) atoms. The Labute approximate surface area is 106 Å². The van der Waals surface area contributed by atoms with Gasteiger partial charge in [-0.1, -0.05) is 0 Å². The van der Waals surface area contributed by atoms with E-state index in [9.17, 15) is 18.0 Å². The summed E-state index contributed by atoms with van der Waals surface area (Å²) in [4.78, 5) is 14.2. The van der Waals surface area contributed by atoms with E-state index in [0.717, 1.165) is 17.4 Å². The Balaban J connectivity index is 2.17. The van der Waals surface area contributed by atoms with Crippen molar-refractivity contribution in [2.45, 2.75) is 31.6 Å². The van der Waals surface area contributed by atoms with Crippen LogP contribution in [-0.2, 0) is 17.8 Å². The Bertz CT molecular complexity index is 467. The fraction of sp³-hybridized carbons (Fsp3) is 0.545. The van der Waals surface area contributed by atoms with Gasteiger partial charge < -0.3 is 10.6 Å². The average molecular weight is 278 g/mol. The fourth-order valence-corrected chi connectivity index (χ4v) is 2.76. The van der Waals surface area contributed by atoms with Crippen molar-refractivity contribution in [3.63, 3.8) is 0 Å². The van der Waals surface area contributed by atoms with Gasteiger partial charge in [0, 0.05) is 18.0 Å². The highest BCUT2D eigenvalue weighted by atomic mass is 32.1. The highest BCUT2D eigenvalue weighted by molar-refractivity contribution is 7.10. The Morgan fingerprint density at radius 1 is 1.50 bits per heavy atom. The summed E-state index contributed by atoms with van der Waals surface area (Å²) in [6.07, 6.45) is -4.15. The summed E-state index contributed by atoms with van der Waals surface area (Å²) < 4.78 is 38.1. The normalized spacial score (nSPS) is 19.3. The number of alkyl halides is 3. The third-order valence-corrected chi connectivity index (χ3v) is 4.15. The quantitative estimate of drug-likeness (QED) is 0.853. The Hall–Kier alpha value is -1.08. The fourth-order valence-electron chi connectivity index (χ4n) is 1.87. The van der Waals surface area contributed by atoms with Crippen LogP contribution in [0.3, 0.4) is 0 Å². The number of hydrogen-bond acceptors (Lipinski definition) is 3. The third kappa shape index (κ3) is 2.12. The first kappa shape index (κ1) is 13.4. The van der Waals surface area contributed by atoms with E-state index >= 15 is 0 Å². The maximum atomic E-state index is 12.7. The Morgan fingerprint density at radius 3 is 2.78 bits per heavy atom. The number of halogens is 3. The second-order valence-corrected chi connectivity index (χ2v) is 5.55. The van der Waals surface area contributed by atoms with Crippen molar-refractivity contribution < 1.29 is 18.0 Å². The molecule has 2 N–H and O–H groups in total. The Kier molecular flexibility index (Phi) is 3.14. The highest BCUT2D eigenvalue weighted by Gasteiger charge is 2.55. The molecule has 1 amide bonds. The molecule has 0 saturated heterocycles. The predicted octanol–water partition coefficient (Wildman–Crippen LogP) is 1.91. The lowest BCUT2D eigenvalue weighted by Gasteiger charge is -2.35. The third-order valence-electron chi connectivity index (χ3n) is 3.13. The minimum Gasteiger partial charge on any atom is -0.336 e. The number of nitrogens with two attached hydrogens (primary N) is 1. The van der Waals surface area contributed by atoms with E-state index in [1.54, 1.807) is 11.3 Å². The second kappa shape index (κ2) is 4.24. The van der Waals surface area contributed by atoms with Crippen molar-refractivity contribution >= 4 is 17.2 Å². The summed E-state index contributed by atoms with van der Waals surface area (Å²) >= 11 is 1.56. The molecular formula is C11H13F3N2OS. The molecule has 0 saturated carbocycles. The summed E-state index contributed by atoms with van der Waals surface area (Å²) in [5.41, 5.74) is 3.25. The minimum atomic E-state index is -4.74. The van der Waals surface area contributed by atoms with Crippen molar-refractivity contribution in [1.82, 2.24) is 4.90 Å². The molecule has 0 aliphatic carbocycles. The number of fused-ring (bicyclic) bond motifs is 1. The molecule has 1 unspecified atom stereocenters. The number of thiophene rings is 1. The van der Waals surface area contributed by atoms with Crippen LogP contribution < -0.4 is 5.73 Å². The van der Waals surface area contributed by atoms with Gasteiger partial charge in [-0.25, -0.2) is 0 Å². The van der Waals surface area contributed by atoms with Gasteiger partial charge in [-0.2, -0.15) is 13.2 Å². The molecule has 1 aliphatic rings. The molecule has 1 atom stereocenters. The van der Waals surface area contributed by atoms with Crippen molar-refractivity contribution in [2.24, 2.45) is 5.73 Å². The van der Waals surface area contributed by atoms with Crippen molar-refractivity contribution in [2.75, 3.05) is 6.54 Å². The standard InChI is InChI=1S/C11H13F3N2OS/c1-10(15,11(12,13)14)9(17)16-4-2-8-7(6-16)3-5-18-8/h3,5H,2,4,6,15H2,1H3. The zero-order valence-electron chi connectivity index (χ0n) is 9.75. The summed E-state index contributed by atoms with van der Waals surface area (Å²) in [6.45, 7) is 1.22. The molecule has 2 heterocycles. The summed E-state index contributed by atoms with van der Waals surface area (Å²) in [6, 6.07) is 1.83. The van der Waals surface area contributed by atoms with Crippen LogP contribution in [0.15, 0.2) is 11.4 Å². The van der Waals surface area contributed by atoms with Crippen molar-refractivity contribution in [3.05, 3.63) is 21.9 Å². The van der Waals surface area contributed by atoms with Gasteiger partial charge in [0.25, 0.3) is 5.91 Å². The molecule has 2 rings (SSSR count). The number of rotatable bonds is 1. The molecule has 0 aromatic carbocycles. The van der Waals surface area contributed by atoms with Gasteiger partial charge in [0.2, 0.25) is 0 Å². The van der Waals surface area contributed by atoms with Gasteiger partial charge in [0.15, 0.2) is 5.54 Å². The molecule has 0 radical (unpaired) electrons. The van der Waals surface area contributed by atoms with Crippen LogP contribution in [0.1, 0.15) is 17.4 Å². The van der Waals surface area contributed by atoms with Gasteiger partial charge in [-0.3, -0.25) is 4.79 Å². The van der Waals surface area contributed by atoms with E-state index in [4.69, 9.17) is 5.73 Å². The molecule has 0 fully saturated rings. The van der Waals surface area contributed by atoms with Crippen LogP contribution in [0.4, 0.5) is 13.2 Å². The predicted molar refractivity (Wildman–Crippen MR) is 62.1 cm³/mol. The number of carbonyl (C=O) groups is 1. The van der Waals surface area contributed by atoms with Gasteiger partial charge >= 0.3 is 6.18 Å². The molecule has 1 aliphatic heterocycles. The average Bonchev–Trinajstić information content (AvgIpc) is 2.73. The van der Waals surface area contributed by atoms with Crippen LogP contribution >= 0.6 is 11.3 Å². The Morgan fingerprint density at radius 2 is 2.17 bits per heavy atom. The molecule has 0 bridgehead atoms. The highest BCUT2D eigenvalue weighted by Crippen LogP contribution is 2.32. The SMILES string of the molecule is CC(N)(C(=O)N1CCc2sccc2C1)C(F)(F)F. The largest absolute Gasteiger partial charge is 0.415 e. The van der Waals surface area contributed by atoms with Crippen LogP contribution in [0, 0.1) is 0 Å². The molecule has 1 aromatic rings. The summed E-state index contributed by atoms with van der Waals surface area (Å²) in [7, 11) is 0. The van der Waals surface area contributed by atoms with Gasteiger partial charge in [-0.15, -0.1) is 11.3 Å². The minimum absolute atomic E-state index is 0.209. The maximum Gasteiger partial charge on any atom is 0.415 e. The molecule has 1 aromatic heterocycles. The van der Waals surface area contributed by atoms with Gasteiger partial charge in [-0.05, 0) is 30.4 Å². The van der Waals surface area contributed by atoms with Crippen LogP contribution in [0.5, 0.6) is 0 Å². The first-order valence-electron chi connectivity index (χ1n) is 5.43. The summed E-state index contributed by atoms with van der Waals surface area (Å²) in [5.74, 6) is -1.06. The number of carbonyl (C=O) groups excluding carboxylic acids is 1. The molecule has 7 heteroatoms. The lowest BCUT2D eigenvalue weighted by atomic mass is 9.99. The monoisotopic (exact) mass is 278 g/mol. The molecular weight excluding hydrogens is 265 g/mol. The number of nitrogens with zero attached hydrogens (tertiary/aromatic N) is 1. The van der Waals surface area contributed by atoms with Crippen LogP contribution in [-0.4, -0.2) is 29.1 Å². The first-order valence-corrected chi connectivity index (χ1v) is 6.31. The van der Waals surface area contributed by atoms with E-state index in [2.05, 4.69) is 0 Å². The van der Waals surface area contributed by atoms with Crippen molar-refractivity contribution in [1.29, 1.82) is 0 Å². The van der Waals surface area contributed by atoms with Crippen LogP contribution in [0.2, 0.25) is 0 Å². The van der Waals surface area contributed by atoms with E-state index in [1.807, 2.05) is 11.4 Å². The molecule has 100 valence electrons. The smallest absolute Gasteiger partial charge is 0.336 e. The van der Waals surface area contributed by atoms with Crippen LogP contribution in [0.25, 0.3) is 0 Å². The van der Waals surface area contributed by atoms with E-state index in [1.165, 1.54) is 4.90 Å². The topological polar surface area (TPSA) is 46.3 Å². The second-order valence-electron chi connectivity index (χ2n) is 4.55. The molecule has 0 spiro atoms. The number of hydrogen-bond donors (Lipinski definition) is 1. The van der Waals surface area contributed by atoms with Gasteiger partial charge in [0.1, 0.15) is 0 Å². The maximum absolute atomic E-state index is 12.7. The lowest BCUT2D eigenvalue weighted by molar-refractivity contribution is -0.194. The zero-order valence-corrected chi connectivity index (χ0v) is 10.6. The van der Waals surface area contributed by atoms with E-state index < -0.39 is 17.6 Å². The summed E-state index contributed by atoms with van der Waals surface area (Å²) in [5, 5.41) is 1.88. The van der Waals surface area contributed by atoms with E-state index in [-0.39, 0.29) is 13.1 Å². The molecule has 3 nitrogen and oxygen atoms in total.